The Hall–Kier alpha value is -2.59. The Labute approximate surface area is 207 Å². The van der Waals surface area contributed by atoms with E-state index in [4.69, 9.17) is 0 Å². The van der Waals surface area contributed by atoms with Crippen LogP contribution in [0.15, 0.2) is 58.0 Å². The van der Waals surface area contributed by atoms with Crippen LogP contribution in [-0.2, 0) is 5.67 Å². The number of hydroxylamine groups is 1. The molecule has 0 spiro atoms. The number of thioether (sulfide) groups is 1. The third kappa shape index (κ3) is 5.25. The van der Waals surface area contributed by atoms with Crippen molar-refractivity contribution < 1.29 is 53.9 Å². The number of amides is 1. The monoisotopic (exact) mass is 610 g/mol. The highest BCUT2D eigenvalue weighted by Crippen LogP contribution is 2.56. The van der Waals surface area contributed by atoms with Gasteiger partial charge in [0.1, 0.15) is 5.69 Å². The van der Waals surface area contributed by atoms with Crippen molar-refractivity contribution in [3.8, 4) is 0 Å². The topological polar surface area (TPSA) is 53.4 Å². The highest BCUT2D eigenvalue weighted by Gasteiger charge is 2.73. The first-order valence-corrected chi connectivity index (χ1v) is 10.8. The Morgan fingerprint density at radius 3 is 2.08 bits per heavy atom. The van der Waals surface area contributed by atoms with Crippen LogP contribution in [0.3, 0.4) is 0 Å². The highest BCUT2D eigenvalue weighted by atomic mass is 79.9. The molecule has 0 aliphatic rings. The fourth-order valence-corrected chi connectivity index (χ4v) is 4.58. The van der Waals surface area contributed by atoms with E-state index in [1.165, 1.54) is 12.3 Å². The number of fused-ring (bicyclic) bond motifs is 1. The minimum absolute atomic E-state index is 0.116. The molecular formula is C20H9BrF10N2O2S. The van der Waals surface area contributed by atoms with Gasteiger partial charge in [-0.3, -0.25) is 15.0 Å². The fourth-order valence-electron chi connectivity index (χ4n) is 3.09. The summed E-state index contributed by atoms with van der Waals surface area (Å²) < 4.78 is 132. The Morgan fingerprint density at radius 1 is 0.917 bits per heavy atom. The van der Waals surface area contributed by atoms with E-state index in [0.717, 1.165) is 12.1 Å². The van der Waals surface area contributed by atoms with Crippen LogP contribution in [0.2, 0.25) is 0 Å². The van der Waals surface area contributed by atoms with Crippen molar-refractivity contribution in [2.24, 2.45) is 0 Å². The van der Waals surface area contributed by atoms with Crippen LogP contribution in [0, 0.1) is 0 Å². The molecule has 0 fully saturated rings. The summed E-state index contributed by atoms with van der Waals surface area (Å²) >= 11 is 1.20. The zero-order valence-electron chi connectivity index (χ0n) is 16.9. The predicted molar refractivity (Wildman–Crippen MR) is 111 cm³/mol. The van der Waals surface area contributed by atoms with Gasteiger partial charge in [0.05, 0.1) is 5.52 Å². The molecule has 36 heavy (non-hydrogen) atoms. The van der Waals surface area contributed by atoms with Crippen LogP contribution in [-0.4, -0.2) is 34.0 Å². The first-order valence-electron chi connectivity index (χ1n) is 9.17. The summed E-state index contributed by atoms with van der Waals surface area (Å²) in [6.45, 7) is 0. The molecule has 0 aliphatic heterocycles. The number of hydrogen-bond acceptors (Lipinski definition) is 4. The van der Waals surface area contributed by atoms with Crippen LogP contribution in [0.1, 0.15) is 15.9 Å². The summed E-state index contributed by atoms with van der Waals surface area (Å²) in [6, 6.07) is 6.33. The zero-order valence-corrected chi connectivity index (χ0v) is 19.3. The van der Waals surface area contributed by atoms with E-state index in [0.29, 0.717) is 5.39 Å². The molecule has 1 heterocycles. The summed E-state index contributed by atoms with van der Waals surface area (Å²) in [5.74, 6) is -1.40. The standard InChI is InChI=1S/C20H9BrF10N2O2S/c21-12-7-11(17(22,18(23,24)25)19(26,27)28)8-14(36-20(29,30)31)15(12)33(35)16(34)10-4-3-9-2-1-5-32-13(9)6-10/h1-8,35H. The van der Waals surface area contributed by atoms with E-state index in [1.54, 1.807) is 12.1 Å². The minimum Gasteiger partial charge on any atom is -0.281 e. The molecule has 0 saturated heterocycles. The normalized spacial score (nSPS) is 13.2. The Morgan fingerprint density at radius 2 is 1.53 bits per heavy atom. The third-order valence-corrected chi connectivity index (χ3v) is 6.06. The Kier molecular flexibility index (Phi) is 7.29. The molecule has 0 aliphatic carbocycles. The summed E-state index contributed by atoms with van der Waals surface area (Å²) in [7, 11) is 0. The number of pyridine rings is 1. The number of aromatic nitrogens is 1. The number of hydrogen-bond donors (Lipinski definition) is 1. The number of rotatable bonds is 4. The van der Waals surface area contributed by atoms with Crippen molar-refractivity contribution in [3.63, 3.8) is 0 Å². The number of carbonyl (C=O) groups excluding carboxylic acids is 1. The average molecular weight is 611 g/mol. The summed E-state index contributed by atoms with van der Waals surface area (Å²) in [5.41, 5.74) is -14.9. The van der Waals surface area contributed by atoms with E-state index in [9.17, 15) is 53.9 Å². The molecule has 3 rings (SSSR count). The van der Waals surface area contributed by atoms with Gasteiger partial charge in [0, 0.05) is 32.1 Å². The molecule has 0 atom stereocenters. The summed E-state index contributed by atoms with van der Waals surface area (Å²) in [4.78, 5) is 15.2. The first kappa shape index (κ1) is 28.0. The summed E-state index contributed by atoms with van der Waals surface area (Å²) in [5, 5.41) is 10.5. The van der Waals surface area contributed by atoms with Gasteiger partial charge in [0.15, 0.2) is 0 Å². The Bertz CT molecular complexity index is 1300. The SMILES string of the molecule is O=C(c1ccc2cccnc2c1)N(O)c1c(Br)cc(C(F)(C(F)(F)F)C(F)(F)F)cc1SC(F)(F)F. The second-order valence-electron chi connectivity index (χ2n) is 7.03. The second kappa shape index (κ2) is 9.37. The van der Waals surface area contributed by atoms with Gasteiger partial charge in [-0.2, -0.15) is 44.6 Å². The number of halogens is 11. The van der Waals surface area contributed by atoms with Gasteiger partial charge in [-0.15, -0.1) is 0 Å². The number of nitrogens with zero attached hydrogens (tertiary/aromatic N) is 2. The summed E-state index contributed by atoms with van der Waals surface area (Å²) in [6.07, 6.45) is -11.9. The van der Waals surface area contributed by atoms with Crippen molar-refractivity contribution in [1.82, 2.24) is 4.98 Å². The van der Waals surface area contributed by atoms with E-state index in [-0.39, 0.29) is 23.2 Å². The molecule has 1 aromatic heterocycles. The van der Waals surface area contributed by atoms with Crippen LogP contribution in [0.4, 0.5) is 49.6 Å². The van der Waals surface area contributed by atoms with Crippen molar-refractivity contribution >= 4 is 50.2 Å². The lowest BCUT2D eigenvalue weighted by Crippen LogP contribution is -2.50. The molecule has 16 heteroatoms. The number of carbonyl (C=O) groups is 1. The van der Waals surface area contributed by atoms with E-state index < -0.39 is 66.9 Å². The quantitative estimate of drug-likeness (QED) is 0.141. The van der Waals surface area contributed by atoms with Gasteiger partial charge in [0.25, 0.3) is 5.91 Å². The first-order chi connectivity index (χ1) is 16.4. The fraction of sp³-hybridized carbons (Fsp3) is 0.200. The number of alkyl halides is 10. The van der Waals surface area contributed by atoms with Crippen molar-refractivity contribution in [3.05, 3.63) is 64.3 Å². The lowest BCUT2D eigenvalue weighted by atomic mass is 9.94. The molecule has 2 aromatic carbocycles. The molecular weight excluding hydrogens is 602 g/mol. The maximum atomic E-state index is 14.5. The van der Waals surface area contributed by atoms with E-state index >= 15 is 0 Å². The van der Waals surface area contributed by atoms with Crippen molar-refractivity contribution in [1.29, 1.82) is 0 Å². The maximum Gasteiger partial charge on any atom is 0.446 e. The van der Waals surface area contributed by atoms with Gasteiger partial charge in [0.2, 0.25) is 0 Å². The molecule has 0 saturated carbocycles. The van der Waals surface area contributed by atoms with Crippen molar-refractivity contribution in [2.75, 3.05) is 5.06 Å². The van der Waals surface area contributed by atoms with E-state index in [1.807, 2.05) is 0 Å². The lowest BCUT2D eigenvalue weighted by Gasteiger charge is -2.31. The predicted octanol–water partition coefficient (Wildman–Crippen LogP) is 7.93. The van der Waals surface area contributed by atoms with Crippen LogP contribution >= 0.6 is 27.7 Å². The van der Waals surface area contributed by atoms with Gasteiger partial charge in [-0.25, -0.2) is 4.39 Å². The third-order valence-electron chi connectivity index (χ3n) is 4.69. The average Bonchev–Trinajstić information content (AvgIpc) is 2.74. The Balaban J connectivity index is 2.19. The minimum atomic E-state index is -6.61. The number of anilines is 1. The zero-order chi connectivity index (χ0) is 27.3. The van der Waals surface area contributed by atoms with Gasteiger partial charge in [-0.1, -0.05) is 12.1 Å². The molecule has 4 nitrogen and oxygen atoms in total. The van der Waals surface area contributed by atoms with Gasteiger partial charge < -0.3 is 0 Å². The smallest absolute Gasteiger partial charge is 0.281 e. The lowest BCUT2D eigenvalue weighted by molar-refractivity contribution is -0.348. The highest BCUT2D eigenvalue weighted by molar-refractivity contribution is 9.10. The maximum absolute atomic E-state index is 14.5. The van der Waals surface area contributed by atoms with Crippen LogP contribution in [0.25, 0.3) is 10.9 Å². The van der Waals surface area contributed by atoms with Gasteiger partial charge >= 0.3 is 23.5 Å². The van der Waals surface area contributed by atoms with Crippen molar-refractivity contribution in [2.45, 2.75) is 28.4 Å². The molecule has 0 unspecified atom stereocenters. The molecule has 1 amide bonds. The largest absolute Gasteiger partial charge is 0.446 e. The molecule has 0 bridgehead atoms. The molecule has 194 valence electrons. The van der Waals surface area contributed by atoms with Gasteiger partial charge in [-0.05, 0) is 58.0 Å². The van der Waals surface area contributed by atoms with E-state index in [2.05, 4.69) is 20.9 Å². The molecule has 3 aromatic rings. The molecule has 1 N–H and O–H groups in total. The molecule has 0 radical (unpaired) electrons. The second-order valence-corrected chi connectivity index (χ2v) is 9.00. The van der Waals surface area contributed by atoms with Crippen LogP contribution in [0.5, 0.6) is 0 Å². The van der Waals surface area contributed by atoms with Crippen LogP contribution < -0.4 is 5.06 Å². The number of benzene rings is 2.